The molecule has 0 radical (unpaired) electrons. The summed E-state index contributed by atoms with van der Waals surface area (Å²) in [6.45, 7) is 4.86. The largest absolute Gasteiger partial charge is 0.491 e. The number of furan rings is 1. The molecule has 0 unspecified atom stereocenters. The number of rotatable bonds is 7. The first-order valence-electron chi connectivity index (χ1n) is 9.50. The zero-order valence-corrected chi connectivity index (χ0v) is 16.3. The Balaban J connectivity index is 1.30. The fourth-order valence-corrected chi connectivity index (χ4v) is 3.13. The fourth-order valence-electron chi connectivity index (χ4n) is 3.13. The van der Waals surface area contributed by atoms with Gasteiger partial charge in [0, 0.05) is 6.61 Å². The van der Waals surface area contributed by atoms with Gasteiger partial charge in [-0.2, -0.15) is 0 Å². The van der Waals surface area contributed by atoms with Crippen molar-refractivity contribution in [3.05, 3.63) is 53.3 Å². The topological polar surface area (TPSA) is 96.8 Å². The van der Waals surface area contributed by atoms with Gasteiger partial charge >= 0.3 is 5.97 Å². The molecule has 0 amide bonds. The van der Waals surface area contributed by atoms with Crippen molar-refractivity contribution in [3.63, 3.8) is 0 Å². The first kappa shape index (κ1) is 19.2. The van der Waals surface area contributed by atoms with E-state index in [1.165, 1.54) is 0 Å². The molecule has 0 N–H and O–H groups in total. The lowest BCUT2D eigenvalue weighted by Crippen LogP contribution is -2.16. The highest BCUT2D eigenvalue weighted by atomic mass is 16.5. The number of hydrogen-bond acceptors (Lipinski definition) is 8. The van der Waals surface area contributed by atoms with E-state index >= 15 is 0 Å². The van der Waals surface area contributed by atoms with Gasteiger partial charge in [0.15, 0.2) is 6.61 Å². The molecular formula is C21H22N2O6. The third-order valence-electron chi connectivity index (χ3n) is 4.61. The minimum Gasteiger partial charge on any atom is -0.491 e. The van der Waals surface area contributed by atoms with Gasteiger partial charge in [0.1, 0.15) is 23.9 Å². The molecular weight excluding hydrogens is 376 g/mol. The molecule has 1 aliphatic rings. The van der Waals surface area contributed by atoms with Crippen LogP contribution in [0.4, 0.5) is 0 Å². The van der Waals surface area contributed by atoms with E-state index in [1.54, 1.807) is 24.3 Å². The van der Waals surface area contributed by atoms with Gasteiger partial charge < -0.3 is 23.0 Å². The molecule has 3 heterocycles. The van der Waals surface area contributed by atoms with Crippen molar-refractivity contribution >= 4 is 5.97 Å². The van der Waals surface area contributed by atoms with Crippen LogP contribution in [0.2, 0.25) is 0 Å². The number of aryl methyl sites for hydroxylation is 2. The quantitative estimate of drug-likeness (QED) is 0.554. The van der Waals surface area contributed by atoms with Crippen molar-refractivity contribution in [2.45, 2.75) is 39.4 Å². The molecule has 1 aromatic carbocycles. The van der Waals surface area contributed by atoms with E-state index in [-0.39, 0.29) is 18.6 Å². The normalized spacial score (nSPS) is 16.1. The van der Waals surface area contributed by atoms with Gasteiger partial charge in [-0.15, -0.1) is 10.2 Å². The standard InChI is InChI=1S/C21H22N2O6/c1-13-10-18(14(2)28-13)20-23-22-19(29-20)12-27-21(24)15-5-7-16(8-6-15)26-11-17-4-3-9-25-17/h5-8,10,17H,3-4,9,11-12H2,1-2H3/t17-/m0/s1. The Hall–Kier alpha value is -3.13. The Morgan fingerprint density at radius 1 is 1.17 bits per heavy atom. The summed E-state index contributed by atoms with van der Waals surface area (Å²) in [6, 6.07) is 8.61. The van der Waals surface area contributed by atoms with Crippen molar-refractivity contribution in [2.75, 3.05) is 13.2 Å². The molecule has 1 saturated heterocycles. The molecule has 1 atom stereocenters. The molecule has 1 fully saturated rings. The molecule has 29 heavy (non-hydrogen) atoms. The predicted molar refractivity (Wildman–Crippen MR) is 102 cm³/mol. The van der Waals surface area contributed by atoms with E-state index in [2.05, 4.69) is 10.2 Å². The first-order chi connectivity index (χ1) is 14.1. The second kappa shape index (κ2) is 8.48. The average Bonchev–Trinajstić information content (AvgIpc) is 3.46. The van der Waals surface area contributed by atoms with Crippen LogP contribution in [0.1, 0.15) is 40.6 Å². The lowest BCUT2D eigenvalue weighted by atomic mass is 10.2. The van der Waals surface area contributed by atoms with Crippen LogP contribution >= 0.6 is 0 Å². The lowest BCUT2D eigenvalue weighted by molar-refractivity contribution is 0.0438. The van der Waals surface area contributed by atoms with Crippen molar-refractivity contribution < 1.29 is 27.8 Å². The summed E-state index contributed by atoms with van der Waals surface area (Å²) in [5.41, 5.74) is 1.14. The number of benzene rings is 1. The molecule has 8 heteroatoms. The Labute approximate surface area is 167 Å². The molecule has 0 saturated carbocycles. The van der Waals surface area contributed by atoms with Gasteiger partial charge in [0.05, 0.1) is 17.2 Å². The van der Waals surface area contributed by atoms with Crippen LogP contribution in [-0.2, 0) is 16.1 Å². The van der Waals surface area contributed by atoms with Gasteiger partial charge in [-0.05, 0) is 57.0 Å². The number of hydrogen-bond donors (Lipinski definition) is 0. The van der Waals surface area contributed by atoms with Gasteiger partial charge in [-0.3, -0.25) is 0 Å². The summed E-state index contributed by atoms with van der Waals surface area (Å²) in [5.74, 6) is 2.19. The van der Waals surface area contributed by atoms with E-state index in [9.17, 15) is 4.79 Å². The van der Waals surface area contributed by atoms with Crippen LogP contribution in [0.3, 0.4) is 0 Å². The summed E-state index contributed by atoms with van der Waals surface area (Å²) in [5, 5.41) is 7.90. The Morgan fingerprint density at radius 3 is 2.69 bits per heavy atom. The molecule has 2 aromatic heterocycles. The van der Waals surface area contributed by atoms with Crippen LogP contribution in [0, 0.1) is 13.8 Å². The minimum absolute atomic E-state index is 0.112. The lowest BCUT2D eigenvalue weighted by Gasteiger charge is -2.11. The predicted octanol–water partition coefficient (Wildman–Crippen LogP) is 3.86. The van der Waals surface area contributed by atoms with Crippen LogP contribution in [0.15, 0.2) is 39.2 Å². The van der Waals surface area contributed by atoms with Crippen molar-refractivity contribution in [3.8, 4) is 17.2 Å². The van der Waals surface area contributed by atoms with E-state index in [1.807, 2.05) is 19.9 Å². The molecule has 4 rings (SSSR count). The molecule has 152 valence electrons. The van der Waals surface area contributed by atoms with Crippen LogP contribution < -0.4 is 4.74 Å². The van der Waals surface area contributed by atoms with Gasteiger partial charge in [-0.25, -0.2) is 4.79 Å². The van der Waals surface area contributed by atoms with Crippen molar-refractivity contribution in [1.29, 1.82) is 0 Å². The number of esters is 1. The van der Waals surface area contributed by atoms with Crippen molar-refractivity contribution in [1.82, 2.24) is 10.2 Å². The van der Waals surface area contributed by atoms with E-state index in [0.29, 0.717) is 29.6 Å². The molecule has 0 bridgehead atoms. The molecule has 0 aliphatic carbocycles. The molecule has 1 aliphatic heterocycles. The summed E-state index contributed by atoms with van der Waals surface area (Å²) < 4.78 is 27.5. The number of nitrogens with zero attached hydrogens (tertiary/aromatic N) is 2. The maximum absolute atomic E-state index is 12.2. The second-order valence-corrected chi connectivity index (χ2v) is 6.87. The highest BCUT2D eigenvalue weighted by molar-refractivity contribution is 5.89. The van der Waals surface area contributed by atoms with E-state index in [4.69, 9.17) is 23.0 Å². The number of aromatic nitrogens is 2. The van der Waals surface area contributed by atoms with Crippen molar-refractivity contribution in [2.24, 2.45) is 0 Å². The van der Waals surface area contributed by atoms with E-state index < -0.39 is 5.97 Å². The Kier molecular flexibility index (Phi) is 5.62. The summed E-state index contributed by atoms with van der Waals surface area (Å²) in [6.07, 6.45) is 2.23. The average molecular weight is 398 g/mol. The second-order valence-electron chi connectivity index (χ2n) is 6.87. The summed E-state index contributed by atoms with van der Waals surface area (Å²) >= 11 is 0. The molecule has 3 aromatic rings. The fraction of sp³-hybridized carbons (Fsp3) is 0.381. The van der Waals surface area contributed by atoms with Gasteiger partial charge in [0.25, 0.3) is 11.8 Å². The highest BCUT2D eigenvalue weighted by Crippen LogP contribution is 2.25. The minimum atomic E-state index is -0.481. The molecule has 0 spiro atoms. The third kappa shape index (κ3) is 4.65. The van der Waals surface area contributed by atoms with Crippen LogP contribution in [-0.4, -0.2) is 35.5 Å². The highest BCUT2D eigenvalue weighted by Gasteiger charge is 2.17. The number of ether oxygens (including phenoxy) is 3. The number of carbonyl (C=O) groups excluding carboxylic acids is 1. The first-order valence-corrected chi connectivity index (χ1v) is 9.50. The molecule has 8 nitrogen and oxygen atoms in total. The maximum Gasteiger partial charge on any atom is 0.338 e. The Bertz CT molecular complexity index is 969. The van der Waals surface area contributed by atoms with Gasteiger partial charge in [0.2, 0.25) is 0 Å². The number of carbonyl (C=O) groups is 1. The Morgan fingerprint density at radius 2 is 2.00 bits per heavy atom. The smallest absolute Gasteiger partial charge is 0.338 e. The van der Waals surface area contributed by atoms with Crippen LogP contribution in [0.25, 0.3) is 11.5 Å². The third-order valence-corrected chi connectivity index (χ3v) is 4.61. The SMILES string of the molecule is Cc1cc(-c2nnc(COC(=O)c3ccc(OC[C@@H]4CCCO4)cc3)o2)c(C)o1. The monoisotopic (exact) mass is 398 g/mol. The summed E-state index contributed by atoms with van der Waals surface area (Å²) in [4.78, 5) is 12.2. The zero-order chi connectivity index (χ0) is 20.2. The zero-order valence-electron chi connectivity index (χ0n) is 16.3. The summed E-state index contributed by atoms with van der Waals surface area (Å²) in [7, 11) is 0. The maximum atomic E-state index is 12.2. The van der Waals surface area contributed by atoms with Gasteiger partial charge in [-0.1, -0.05) is 0 Å². The van der Waals surface area contributed by atoms with Crippen LogP contribution in [0.5, 0.6) is 5.75 Å². The van der Waals surface area contributed by atoms with E-state index in [0.717, 1.165) is 30.8 Å².